The fraction of sp³-hybridized carbons (Fsp3) is 0.208. The molecular weight excluding hydrogens is 378 g/mol. The van der Waals surface area contributed by atoms with E-state index in [4.69, 9.17) is 13.9 Å². The summed E-state index contributed by atoms with van der Waals surface area (Å²) in [4.78, 5) is 11.4. The summed E-state index contributed by atoms with van der Waals surface area (Å²) in [5.74, 6) is 3.22. The lowest BCUT2D eigenvalue weighted by molar-refractivity contribution is 0.415. The zero-order valence-electron chi connectivity index (χ0n) is 17.4. The monoisotopic (exact) mass is 401 g/mol. The molecular formula is C24H23N3O3. The number of aromatic amines is 2. The fourth-order valence-electron chi connectivity index (χ4n) is 3.94. The van der Waals surface area contributed by atoms with Crippen molar-refractivity contribution < 1.29 is 13.9 Å². The van der Waals surface area contributed by atoms with E-state index < -0.39 is 0 Å². The number of hydrogen-bond acceptors (Lipinski definition) is 4. The minimum Gasteiger partial charge on any atom is -0.497 e. The predicted molar refractivity (Wildman–Crippen MR) is 118 cm³/mol. The average Bonchev–Trinajstić information content (AvgIpc) is 3.48. The van der Waals surface area contributed by atoms with Crippen molar-refractivity contribution >= 4 is 21.8 Å². The number of oxazole rings is 1. The Hall–Kier alpha value is -3.67. The van der Waals surface area contributed by atoms with Crippen molar-refractivity contribution in [2.75, 3.05) is 14.2 Å². The summed E-state index contributed by atoms with van der Waals surface area (Å²) in [6, 6.07) is 11.9. The molecule has 0 unspecified atom stereocenters. The first-order valence-electron chi connectivity index (χ1n) is 9.90. The molecule has 5 aromatic rings. The SMILES string of the molecule is COc1ccc2c(-c3ncc(-c4c(C(C)C)[nH]c5ccc(OC)cc45)o3)c[nH]c2c1. The number of benzene rings is 2. The van der Waals surface area contributed by atoms with Crippen LogP contribution in [0.3, 0.4) is 0 Å². The minimum absolute atomic E-state index is 0.299. The van der Waals surface area contributed by atoms with Crippen LogP contribution >= 0.6 is 0 Å². The highest BCUT2D eigenvalue weighted by Crippen LogP contribution is 2.40. The standard InChI is InChI=1S/C24H23N3O3/c1-13(2)23-22(17-9-14(28-3)6-8-19(17)27-23)21-12-26-24(30-21)18-11-25-20-10-15(29-4)5-7-16(18)20/h5-13,25,27H,1-4H3. The Morgan fingerprint density at radius 1 is 0.933 bits per heavy atom. The van der Waals surface area contributed by atoms with Crippen molar-refractivity contribution in [3.63, 3.8) is 0 Å². The molecule has 6 nitrogen and oxygen atoms in total. The second-order valence-electron chi connectivity index (χ2n) is 7.62. The molecule has 6 heteroatoms. The molecule has 0 saturated heterocycles. The van der Waals surface area contributed by atoms with Crippen molar-refractivity contribution in [3.8, 4) is 34.3 Å². The molecule has 0 saturated carbocycles. The van der Waals surface area contributed by atoms with E-state index in [1.54, 1.807) is 20.4 Å². The van der Waals surface area contributed by atoms with Crippen molar-refractivity contribution in [2.45, 2.75) is 19.8 Å². The van der Waals surface area contributed by atoms with Crippen LogP contribution in [0.4, 0.5) is 0 Å². The Labute approximate surface area is 173 Å². The number of hydrogen-bond donors (Lipinski definition) is 2. The lowest BCUT2D eigenvalue weighted by atomic mass is 10.0. The van der Waals surface area contributed by atoms with Crippen LogP contribution in [0.1, 0.15) is 25.5 Å². The molecule has 2 N–H and O–H groups in total. The maximum absolute atomic E-state index is 6.29. The zero-order chi connectivity index (χ0) is 20.8. The van der Waals surface area contributed by atoms with Crippen LogP contribution in [-0.4, -0.2) is 29.2 Å². The number of nitrogens with one attached hydrogen (secondary N) is 2. The summed E-state index contributed by atoms with van der Waals surface area (Å²) >= 11 is 0. The molecule has 3 heterocycles. The van der Waals surface area contributed by atoms with Gasteiger partial charge >= 0.3 is 0 Å². The van der Waals surface area contributed by atoms with E-state index in [0.717, 1.165) is 55.9 Å². The Morgan fingerprint density at radius 2 is 1.70 bits per heavy atom. The maximum Gasteiger partial charge on any atom is 0.228 e. The van der Waals surface area contributed by atoms with Gasteiger partial charge in [-0.05, 0) is 36.2 Å². The third kappa shape index (κ3) is 2.84. The van der Waals surface area contributed by atoms with Gasteiger partial charge in [-0.15, -0.1) is 0 Å². The van der Waals surface area contributed by atoms with Gasteiger partial charge in [-0.25, -0.2) is 4.98 Å². The van der Waals surface area contributed by atoms with Crippen LogP contribution in [-0.2, 0) is 0 Å². The lowest BCUT2D eigenvalue weighted by Gasteiger charge is -2.05. The molecule has 0 aliphatic carbocycles. The smallest absolute Gasteiger partial charge is 0.228 e. The van der Waals surface area contributed by atoms with Crippen LogP contribution in [0.5, 0.6) is 11.5 Å². The molecule has 5 rings (SSSR count). The van der Waals surface area contributed by atoms with E-state index in [2.05, 4.69) is 28.8 Å². The van der Waals surface area contributed by atoms with Crippen LogP contribution in [0.15, 0.2) is 53.2 Å². The largest absolute Gasteiger partial charge is 0.497 e. The van der Waals surface area contributed by atoms with Crippen LogP contribution < -0.4 is 9.47 Å². The van der Waals surface area contributed by atoms with Gasteiger partial charge in [0.15, 0.2) is 5.76 Å². The summed E-state index contributed by atoms with van der Waals surface area (Å²) in [5, 5.41) is 2.10. The Bertz CT molecular complexity index is 1360. The van der Waals surface area contributed by atoms with E-state index in [9.17, 15) is 0 Å². The number of aromatic nitrogens is 3. The van der Waals surface area contributed by atoms with Gasteiger partial charge in [-0.3, -0.25) is 0 Å². The molecule has 152 valence electrons. The van der Waals surface area contributed by atoms with E-state index in [0.29, 0.717) is 11.8 Å². The quantitative estimate of drug-likeness (QED) is 0.372. The van der Waals surface area contributed by atoms with Gasteiger partial charge in [-0.1, -0.05) is 13.8 Å². The van der Waals surface area contributed by atoms with Gasteiger partial charge in [0.1, 0.15) is 11.5 Å². The molecule has 0 bridgehead atoms. The van der Waals surface area contributed by atoms with Crippen LogP contribution in [0, 0.1) is 0 Å². The van der Waals surface area contributed by atoms with Crippen LogP contribution in [0.2, 0.25) is 0 Å². The first kappa shape index (κ1) is 18.4. The van der Waals surface area contributed by atoms with Gasteiger partial charge in [0, 0.05) is 45.3 Å². The molecule has 0 spiro atoms. The first-order valence-corrected chi connectivity index (χ1v) is 9.90. The molecule has 2 aromatic carbocycles. The molecule has 3 aromatic heterocycles. The first-order chi connectivity index (χ1) is 14.6. The summed E-state index contributed by atoms with van der Waals surface area (Å²) in [5.41, 5.74) is 5.08. The zero-order valence-corrected chi connectivity index (χ0v) is 17.4. The van der Waals surface area contributed by atoms with Gasteiger partial charge in [-0.2, -0.15) is 0 Å². The summed E-state index contributed by atoms with van der Waals surface area (Å²) < 4.78 is 17.0. The van der Waals surface area contributed by atoms with E-state index >= 15 is 0 Å². The maximum atomic E-state index is 6.29. The summed E-state index contributed by atoms with van der Waals surface area (Å²) in [7, 11) is 3.34. The summed E-state index contributed by atoms with van der Waals surface area (Å²) in [6.45, 7) is 4.32. The second-order valence-corrected chi connectivity index (χ2v) is 7.62. The highest BCUT2D eigenvalue weighted by molar-refractivity contribution is 5.98. The third-order valence-corrected chi connectivity index (χ3v) is 5.48. The second kappa shape index (κ2) is 6.99. The Balaban J connectivity index is 1.65. The van der Waals surface area contributed by atoms with Gasteiger partial charge in [0.2, 0.25) is 5.89 Å². The molecule has 30 heavy (non-hydrogen) atoms. The van der Waals surface area contributed by atoms with Crippen molar-refractivity contribution in [1.82, 2.24) is 15.0 Å². The molecule has 0 radical (unpaired) electrons. The third-order valence-electron chi connectivity index (χ3n) is 5.48. The number of rotatable bonds is 5. The van der Waals surface area contributed by atoms with E-state index in [1.807, 2.05) is 42.6 Å². The molecule has 0 aliphatic rings. The highest BCUT2D eigenvalue weighted by atomic mass is 16.5. The lowest BCUT2D eigenvalue weighted by Crippen LogP contribution is -1.89. The topological polar surface area (TPSA) is 76.1 Å². The highest BCUT2D eigenvalue weighted by Gasteiger charge is 2.21. The van der Waals surface area contributed by atoms with E-state index in [1.165, 1.54) is 0 Å². The van der Waals surface area contributed by atoms with Crippen LogP contribution in [0.25, 0.3) is 44.6 Å². The van der Waals surface area contributed by atoms with E-state index in [-0.39, 0.29) is 0 Å². The fourth-order valence-corrected chi connectivity index (χ4v) is 3.94. The Morgan fingerprint density at radius 3 is 2.47 bits per heavy atom. The Kier molecular flexibility index (Phi) is 4.28. The van der Waals surface area contributed by atoms with Crippen molar-refractivity contribution in [2.24, 2.45) is 0 Å². The number of H-pyrrole nitrogens is 2. The number of nitrogens with zero attached hydrogens (tertiary/aromatic N) is 1. The average molecular weight is 401 g/mol. The number of ether oxygens (including phenoxy) is 2. The minimum atomic E-state index is 0.299. The normalized spacial score (nSPS) is 11.6. The molecule has 0 aliphatic heterocycles. The number of fused-ring (bicyclic) bond motifs is 2. The van der Waals surface area contributed by atoms with Crippen molar-refractivity contribution in [1.29, 1.82) is 0 Å². The molecule has 0 amide bonds. The summed E-state index contributed by atoms with van der Waals surface area (Å²) in [6.07, 6.45) is 3.72. The van der Waals surface area contributed by atoms with Gasteiger partial charge in [0.25, 0.3) is 0 Å². The molecule has 0 atom stereocenters. The number of methoxy groups -OCH3 is 2. The van der Waals surface area contributed by atoms with Gasteiger partial charge < -0.3 is 23.9 Å². The van der Waals surface area contributed by atoms with Gasteiger partial charge in [0.05, 0.1) is 26.0 Å². The van der Waals surface area contributed by atoms with Crippen molar-refractivity contribution in [3.05, 3.63) is 54.5 Å². The predicted octanol–water partition coefficient (Wildman–Crippen LogP) is 6.11. The molecule has 0 fully saturated rings.